The molecule has 2 heterocycles. The number of fused-ring (bicyclic) bond motifs is 5. The van der Waals surface area contributed by atoms with Crippen LogP contribution < -0.4 is 4.74 Å². The average molecular weight is 407 g/mol. The van der Waals surface area contributed by atoms with E-state index in [4.69, 9.17) is 4.74 Å². The lowest BCUT2D eigenvalue weighted by Crippen LogP contribution is -2.57. The lowest BCUT2D eigenvalue weighted by molar-refractivity contribution is -0.118. The molecule has 30 heavy (non-hydrogen) atoms. The van der Waals surface area contributed by atoms with Gasteiger partial charge in [-0.1, -0.05) is 19.9 Å². The number of hydrogen-bond acceptors (Lipinski definition) is 4. The van der Waals surface area contributed by atoms with E-state index in [1.807, 2.05) is 24.5 Å². The lowest BCUT2D eigenvalue weighted by Gasteiger charge is -2.60. The van der Waals surface area contributed by atoms with Crippen LogP contribution in [-0.2, 0) is 4.79 Å². The number of allylic oxidation sites excluding steroid dienone is 4. The van der Waals surface area contributed by atoms with Crippen molar-refractivity contribution in [2.75, 3.05) is 20.2 Å². The smallest absolute Gasteiger partial charge is 0.157 e. The molecule has 3 aliphatic carbocycles. The highest BCUT2D eigenvalue weighted by molar-refractivity contribution is 5.91. The molecule has 0 spiro atoms. The summed E-state index contributed by atoms with van der Waals surface area (Å²) in [6, 6.07) is 1.98. The van der Waals surface area contributed by atoms with Gasteiger partial charge in [-0.15, -0.1) is 0 Å². The van der Waals surface area contributed by atoms with Gasteiger partial charge >= 0.3 is 0 Å². The molecule has 1 aliphatic heterocycles. The molecule has 1 aromatic rings. The first-order valence-electron chi connectivity index (χ1n) is 11.6. The SMILES string of the molecule is CCN1C[C@@H]2[C@H](CC[C@]3(C)C(c4cnccc4OC)=CC[C@@H]23)[C@@]2(C)CCC(=O)C=C12. The summed E-state index contributed by atoms with van der Waals surface area (Å²) in [7, 11) is 1.75. The molecule has 0 N–H and O–H groups in total. The van der Waals surface area contributed by atoms with Crippen LogP contribution in [0.25, 0.3) is 5.57 Å². The van der Waals surface area contributed by atoms with Crippen molar-refractivity contribution in [1.29, 1.82) is 0 Å². The molecule has 160 valence electrons. The van der Waals surface area contributed by atoms with Crippen LogP contribution in [0.4, 0.5) is 0 Å². The zero-order chi connectivity index (χ0) is 21.1. The first kappa shape index (κ1) is 19.8. The second-order valence-electron chi connectivity index (χ2n) is 10.2. The summed E-state index contributed by atoms with van der Waals surface area (Å²) < 4.78 is 5.69. The number of likely N-dealkylation sites (tertiary alicyclic amines) is 1. The Morgan fingerprint density at radius 1 is 1.23 bits per heavy atom. The summed E-state index contributed by atoms with van der Waals surface area (Å²) in [5.74, 6) is 3.22. The van der Waals surface area contributed by atoms with Crippen LogP contribution in [-0.4, -0.2) is 35.9 Å². The third-order valence-electron chi connectivity index (χ3n) is 9.05. The van der Waals surface area contributed by atoms with E-state index in [1.165, 1.54) is 29.7 Å². The number of rotatable bonds is 3. The lowest BCUT2D eigenvalue weighted by atomic mass is 9.49. The van der Waals surface area contributed by atoms with Gasteiger partial charge in [0.2, 0.25) is 0 Å². The number of hydrogen-bond donors (Lipinski definition) is 0. The van der Waals surface area contributed by atoms with Gasteiger partial charge in [0.05, 0.1) is 7.11 Å². The summed E-state index contributed by atoms with van der Waals surface area (Å²) in [6.07, 6.45) is 13.5. The third-order valence-corrected chi connectivity index (χ3v) is 9.05. The highest BCUT2D eigenvalue weighted by atomic mass is 16.5. The van der Waals surface area contributed by atoms with Crippen molar-refractivity contribution in [3.8, 4) is 5.75 Å². The maximum Gasteiger partial charge on any atom is 0.157 e. The second-order valence-corrected chi connectivity index (χ2v) is 10.2. The van der Waals surface area contributed by atoms with Crippen LogP contribution in [0, 0.1) is 28.6 Å². The van der Waals surface area contributed by atoms with Crippen LogP contribution in [0.2, 0.25) is 0 Å². The van der Waals surface area contributed by atoms with Gasteiger partial charge in [0.1, 0.15) is 5.75 Å². The van der Waals surface area contributed by atoms with E-state index < -0.39 is 0 Å². The van der Waals surface area contributed by atoms with Crippen molar-refractivity contribution < 1.29 is 9.53 Å². The molecule has 4 aliphatic rings. The molecular formula is C26H34N2O2. The van der Waals surface area contributed by atoms with Crippen LogP contribution in [0.15, 0.2) is 36.3 Å². The molecule has 2 fully saturated rings. The number of aromatic nitrogens is 1. The molecule has 0 bridgehead atoms. The highest BCUT2D eigenvalue weighted by Crippen LogP contribution is 2.65. The largest absolute Gasteiger partial charge is 0.496 e. The van der Waals surface area contributed by atoms with Crippen LogP contribution in [0.3, 0.4) is 0 Å². The number of carbonyl (C=O) groups is 1. The fourth-order valence-corrected chi connectivity index (χ4v) is 7.46. The van der Waals surface area contributed by atoms with Gasteiger partial charge in [-0.25, -0.2) is 0 Å². The van der Waals surface area contributed by atoms with Crippen molar-refractivity contribution in [2.24, 2.45) is 28.6 Å². The fourth-order valence-electron chi connectivity index (χ4n) is 7.46. The Labute approximate surface area is 180 Å². The summed E-state index contributed by atoms with van der Waals surface area (Å²) in [5, 5.41) is 0. The van der Waals surface area contributed by atoms with E-state index in [9.17, 15) is 4.79 Å². The Morgan fingerprint density at radius 3 is 2.83 bits per heavy atom. The molecule has 1 saturated heterocycles. The zero-order valence-corrected chi connectivity index (χ0v) is 18.8. The molecule has 4 heteroatoms. The predicted molar refractivity (Wildman–Crippen MR) is 119 cm³/mol. The van der Waals surface area contributed by atoms with Gasteiger partial charge in [0.25, 0.3) is 0 Å². The van der Waals surface area contributed by atoms with Gasteiger partial charge in [0, 0.05) is 54.7 Å². The van der Waals surface area contributed by atoms with Crippen molar-refractivity contribution in [3.63, 3.8) is 0 Å². The van der Waals surface area contributed by atoms with Crippen LogP contribution >= 0.6 is 0 Å². The normalized spacial score (nSPS) is 37.7. The van der Waals surface area contributed by atoms with Crippen molar-refractivity contribution in [2.45, 2.75) is 52.9 Å². The number of carbonyl (C=O) groups excluding carboxylic acids is 1. The summed E-state index contributed by atoms with van der Waals surface area (Å²) in [5.41, 5.74) is 4.24. The summed E-state index contributed by atoms with van der Waals surface area (Å²) >= 11 is 0. The van der Waals surface area contributed by atoms with Crippen molar-refractivity contribution in [3.05, 3.63) is 41.9 Å². The van der Waals surface area contributed by atoms with Gasteiger partial charge in [-0.05, 0) is 67.4 Å². The maximum atomic E-state index is 12.2. The number of piperidine rings is 1. The first-order valence-corrected chi connectivity index (χ1v) is 11.6. The van der Waals surface area contributed by atoms with Gasteiger partial charge in [-0.3, -0.25) is 9.78 Å². The minimum Gasteiger partial charge on any atom is -0.496 e. The fraction of sp³-hybridized carbons (Fsp3) is 0.615. The third kappa shape index (κ3) is 2.65. The Bertz CT molecular complexity index is 935. The standard InChI is InChI=1S/C26H34N2O2/c1-5-28-16-19-21-7-6-20(18-15-27-13-10-23(18)30-4)25(21,2)12-9-22(19)26(3)11-8-17(29)14-24(26)28/h6,10,13-15,19,21-22H,5,7-9,11-12,16H2,1-4H3/t19-,21-,22-,25+,26+/m0/s1. The molecule has 0 aromatic carbocycles. The number of ketones is 1. The van der Waals surface area contributed by atoms with E-state index in [0.717, 1.165) is 31.7 Å². The molecule has 0 unspecified atom stereocenters. The molecule has 4 nitrogen and oxygen atoms in total. The molecule has 0 radical (unpaired) electrons. The quantitative estimate of drug-likeness (QED) is 0.699. The Kier molecular flexibility index (Phi) is 4.61. The highest BCUT2D eigenvalue weighted by Gasteiger charge is 2.58. The average Bonchev–Trinajstić information content (AvgIpc) is 3.11. The Balaban J connectivity index is 1.52. The second kappa shape index (κ2) is 6.96. The number of methoxy groups -OCH3 is 1. The minimum atomic E-state index is 0.142. The topological polar surface area (TPSA) is 42.4 Å². The monoisotopic (exact) mass is 406 g/mol. The molecule has 5 rings (SSSR count). The molecule has 1 aromatic heterocycles. The van der Waals surface area contributed by atoms with Crippen LogP contribution in [0.5, 0.6) is 5.75 Å². The molecular weight excluding hydrogens is 372 g/mol. The number of pyridine rings is 1. The number of ether oxygens (including phenoxy) is 1. The molecule has 5 atom stereocenters. The zero-order valence-electron chi connectivity index (χ0n) is 18.8. The predicted octanol–water partition coefficient (Wildman–Crippen LogP) is 5.11. The van der Waals surface area contributed by atoms with Gasteiger partial charge in [-0.2, -0.15) is 0 Å². The first-order chi connectivity index (χ1) is 14.4. The van der Waals surface area contributed by atoms with E-state index in [1.54, 1.807) is 7.11 Å². The van der Waals surface area contributed by atoms with E-state index in [0.29, 0.717) is 30.0 Å². The van der Waals surface area contributed by atoms with Crippen molar-refractivity contribution in [1.82, 2.24) is 9.88 Å². The Morgan fingerprint density at radius 2 is 2.07 bits per heavy atom. The molecule has 0 amide bonds. The summed E-state index contributed by atoms with van der Waals surface area (Å²) in [4.78, 5) is 19.2. The number of nitrogens with zero attached hydrogens (tertiary/aromatic N) is 2. The molecule has 1 saturated carbocycles. The maximum absolute atomic E-state index is 12.2. The van der Waals surface area contributed by atoms with Gasteiger partial charge in [0.15, 0.2) is 5.78 Å². The van der Waals surface area contributed by atoms with Crippen molar-refractivity contribution >= 4 is 11.4 Å². The van der Waals surface area contributed by atoms with E-state index >= 15 is 0 Å². The van der Waals surface area contributed by atoms with E-state index in [-0.39, 0.29) is 10.8 Å². The van der Waals surface area contributed by atoms with Gasteiger partial charge < -0.3 is 9.64 Å². The van der Waals surface area contributed by atoms with Crippen LogP contribution in [0.1, 0.15) is 58.4 Å². The Hall–Kier alpha value is -2.10. The van der Waals surface area contributed by atoms with E-state index in [2.05, 4.69) is 36.7 Å². The minimum absolute atomic E-state index is 0.142. The summed E-state index contributed by atoms with van der Waals surface area (Å²) in [6.45, 7) is 9.23.